The van der Waals surface area contributed by atoms with Gasteiger partial charge in [0.1, 0.15) is 5.82 Å². The third-order valence-corrected chi connectivity index (χ3v) is 2.54. The fourth-order valence-corrected chi connectivity index (χ4v) is 1.76. The molecule has 2 N–H and O–H groups in total. The van der Waals surface area contributed by atoms with Crippen LogP contribution in [-0.2, 0) is 13.6 Å². The highest BCUT2D eigenvalue weighted by atomic mass is 15.3. The molecule has 0 aliphatic rings. The first-order valence-corrected chi connectivity index (χ1v) is 5.67. The van der Waals surface area contributed by atoms with Gasteiger partial charge in [-0.2, -0.15) is 5.10 Å². The predicted molar refractivity (Wildman–Crippen MR) is 63.5 cm³/mol. The number of aromatic nitrogens is 2. The molecule has 0 unspecified atom stereocenters. The van der Waals surface area contributed by atoms with Crippen LogP contribution >= 0.6 is 0 Å². The lowest BCUT2D eigenvalue weighted by atomic mass is 10.2. The maximum absolute atomic E-state index is 5.92. The van der Waals surface area contributed by atoms with Crippen LogP contribution in [0.25, 0.3) is 0 Å². The molecule has 0 saturated heterocycles. The maximum Gasteiger partial charge on any atom is 0.125 e. The van der Waals surface area contributed by atoms with Crippen molar-refractivity contribution in [2.45, 2.75) is 33.2 Å². The van der Waals surface area contributed by atoms with E-state index in [9.17, 15) is 0 Å². The third-order valence-electron chi connectivity index (χ3n) is 2.54. The second-order valence-electron chi connectivity index (χ2n) is 3.95. The van der Waals surface area contributed by atoms with Crippen LogP contribution in [0.2, 0.25) is 0 Å². The van der Waals surface area contributed by atoms with Gasteiger partial charge >= 0.3 is 0 Å². The van der Waals surface area contributed by atoms with Crippen LogP contribution in [0.5, 0.6) is 0 Å². The number of nitrogen functional groups attached to an aromatic ring is 1. The summed E-state index contributed by atoms with van der Waals surface area (Å²) in [7, 11) is 1.88. The molecule has 0 amide bonds. The molecule has 0 spiro atoms. The summed E-state index contributed by atoms with van der Waals surface area (Å²) in [4.78, 5) is 2.42. The van der Waals surface area contributed by atoms with Gasteiger partial charge in [-0.25, -0.2) is 0 Å². The van der Waals surface area contributed by atoms with Gasteiger partial charge in [0.15, 0.2) is 0 Å². The molecule has 0 bridgehead atoms. The van der Waals surface area contributed by atoms with Crippen molar-refractivity contribution in [3.63, 3.8) is 0 Å². The molecular formula is C11H22N4. The molecule has 86 valence electrons. The fraction of sp³-hybridized carbons (Fsp3) is 0.727. The molecule has 1 aromatic heterocycles. The number of rotatable bonds is 6. The van der Waals surface area contributed by atoms with Gasteiger partial charge in [0.2, 0.25) is 0 Å². The van der Waals surface area contributed by atoms with Gasteiger partial charge in [-0.1, -0.05) is 13.8 Å². The summed E-state index contributed by atoms with van der Waals surface area (Å²) in [5, 5.41) is 4.15. The number of nitrogens with zero attached hydrogens (tertiary/aromatic N) is 3. The van der Waals surface area contributed by atoms with Gasteiger partial charge in [-0.3, -0.25) is 9.58 Å². The molecule has 1 heterocycles. The molecule has 0 aliphatic carbocycles. The highest BCUT2D eigenvalue weighted by molar-refractivity contribution is 5.38. The van der Waals surface area contributed by atoms with Crippen molar-refractivity contribution >= 4 is 5.82 Å². The van der Waals surface area contributed by atoms with Crippen LogP contribution < -0.4 is 5.73 Å². The van der Waals surface area contributed by atoms with E-state index in [1.807, 2.05) is 13.2 Å². The smallest absolute Gasteiger partial charge is 0.125 e. The van der Waals surface area contributed by atoms with E-state index in [2.05, 4.69) is 23.8 Å². The van der Waals surface area contributed by atoms with E-state index in [4.69, 9.17) is 5.73 Å². The average molecular weight is 210 g/mol. The zero-order valence-electron chi connectivity index (χ0n) is 10.0. The summed E-state index contributed by atoms with van der Waals surface area (Å²) in [5.41, 5.74) is 7.06. The monoisotopic (exact) mass is 210 g/mol. The van der Waals surface area contributed by atoms with Crippen LogP contribution in [0.1, 0.15) is 32.3 Å². The molecule has 1 aromatic rings. The number of hydrogen-bond acceptors (Lipinski definition) is 3. The minimum absolute atomic E-state index is 0.784. The largest absolute Gasteiger partial charge is 0.384 e. The Morgan fingerprint density at radius 3 is 2.33 bits per heavy atom. The van der Waals surface area contributed by atoms with E-state index in [1.165, 1.54) is 12.8 Å². The summed E-state index contributed by atoms with van der Waals surface area (Å²) < 4.78 is 1.73. The van der Waals surface area contributed by atoms with Crippen molar-refractivity contribution in [1.82, 2.24) is 14.7 Å². The Labute approximate surface area is 92.1 Å². The number of nitrogens with two attached hydrogens (primary N) is 1. The summed E-state index contributed by atoms with van der Waals surface area (Å²) in [6.07, 6.45) is 4.23. The molecule has 0 fully saturated rings. The fourth-order valence-electron chi connectivity index (χ4n) is 1.76. The minimum atomic E-state index is 0.784. The van der Waals surface area contributed by atoms with Crippen LogP contribution in [0.4, 0.5) is 5.82 Å². The highest BCUT2D eigenvalue weighted by Gasteiger charge is 2.09. The molecule has 15 heavy (non-hydrogen) atoms. The Bertz CT molecular complexity index is 287. The van der Waals surface area contributed by atoms with Gasteiger partial charge < -0.3 is 5.73 Å². The summed E-state index contributed by atoms with van der Waals surface area (Å²) in [5.74, 6) is 0.784. The van der Waals surface area contributed by atoms with E-state index in [0.717, 1.165) is 31.0 Å². The third kappa shape index (κ3) is 3.23. The molecule has 0 aromatic carbocycles. The van der Waals surface area contributed by atoms with Crippen molar-refractivity contribution in [3.8, 4) is 0 Å². The van der Waals surface area contributed by atoms with E-state index < -0.39 is 0 Å². The SMILES string of the molecule is CCCN(CCC)Cc1cnn(C)c1N. The molecule has 0 radical (unpaired) electrons. The van der Waals surface area contributed by atoms with Crippen LogP contribution in [0.3, 0.4) is 0 Å². The van der Waals surface area contributed by atoms with Crippen LogP contribution in [0, 0.1) is 0 Å². The van der Waals surface area contributed by atoms with Gasteiger partial charge in [-0.15, -0.1) is 0 Å². The van der Waals surface area contributed by atoms with Crippen molar-refractivity contribution in [1.29, 1.82) is 0 Å². The van der Waals surface area contributed by atoms with Crippen LogP contribution in [-0.4, -0.2) is 27.8 Å². The summed E-state index contributed by atoms with van der Waals surface area (Å²) in [6, 6.07) is 0. The lowest BCUT2D eigenvalue weighted by Crippen LogP contribution is -2.25. The van der Waals surface area contributed by atoms with Gasteiger partial charge in [0.05, 0.1) is 6.20 Å². The number of aryl methyl sites for hydroxylation is 1. The second-order valence-corrected chi connectivity index (χ2v) is 3.95. The lowest BCUT2D eigenvalue weighted by molar-refractivity contribution is 0.267. The first-order valence-electron chi connectivity index (χ1n) is 5.67. The topological polar surface area (TPSA) is 47.1 Å². The molecule has 4 nitrogen and oxygen atoms in total. The maximum atomic E-state index is 5.92. The molecule has 0 atom stereocenters. The zero-order chi connectivity index (χ0) is 11.3. The van der Waals surface area contributed by atoms with E-state index >= 15 is 0 Å². The normalized spacial score (nSPS) is 11.2. The second kappa shape index (κ2) is 5.75. The van der Waals surface area contributed by atoms with Gasteiger partial charge in [0, 0.05) is 19.2 Å². The quantitative estimate of drug-likeness (QED) is 0.776. The highest BCUT2D eigenvalue weighted by Crippen LogP contribution is 2.12. The molecular weight excluding hydrogens is 188 g/mol. The van der Waals surface area contributed by atoms with Crippen molar-refractivity contribution < 1.29 is 0 Å². The van der Waals surface area contributed by atoms with Crippen LogP contribution in [0.15, 0.2) is 6.20 Å². The van der Waals surface area contributed by atoms with E-state index in [1.54, 1.807) is 4.68 Å². The van der Waals surface area contributed by atoms with E-state index in [-0.39, 0.29) is 0 Å². The zero-order valence-corrected chi connectivity index (χ0v) is 10.0. The van der Waals surface area contributed by atoms with Gasteiger partial charge in [-0.05, 0) is 25.9 Å². The Kier molecular flexibility index (Phi) is 4.62. The average Bonchev–Trinajstić information content (AvgIpc) is 2.51. The first kappa shape index (κ1) is 12.0. The van der Waals surface area contributed by atoms with Crippen molar-refractivity contribution in [3.05, 3.63) is 11.8 Å². The first-order chi connectivity index (χ1) is 7.19. The Hall–Kier alpha value is -1.03. The Balaban J connectivity index is 2.60. The molecule has 0 aliphatic heterocycles. The number of anilines is 1. The molecule has 4 heteroatoms. The number of hydrogen-bond donors (Lipinski definition) is 1. The van der Waals surface area contributed by atoms with Crippen molar-refractivity contribution in [2.75, 3.05) is 18.8 Å². The summed E-state index contributed by atoms with van der Waals surface area (Å²) >= 11 is 0. The minimum Gasteiger partial charge on any atom is -0.384 e. The Morgan fingerprint density at radius 1 is 1.33 bits per heavy atom. The standard InChI is InChI=1S/C11H22N4/c1-4-6-15(7-5-2)9-10-8-13-14(3)11(10)12/h8H,4-7,9,12H2,1-3H3. The van der Waals surface area contributed by atoms with Gasteiger partial charge in [0.25, 0.3) is 0 Å². The lowest BCUT2D eigenvalue weighted by Gasteiger charge is -2.20. The summed E-state index contributed by atoms with van der Waals surface area (Å²) in [6.45, 7) is 7.58. The van der Waals surface area contributed by atoms with E-state index in [0.29, 0.717) is 0 Å². The molecule has 1 rings (SSSR count). The predicted octanol–water partition coefficient (Wildman–Crippen LogP) is 1.62. The molecule has 0 saturated carbocycles. The Morgan fingerprint density at radius 2 is 1.93 bits per heavy atom. The van der Waals surface area contributed by atoms with Crippen molar-refractivity contribution in [2.24, 2.45) is 7.05 Å².